The van der Waals surface area contributed by atoms with Crippen LogP contribution in [0, 0.1) is 22.6 Å². The number of rotatable bonds is 1. The first-order valence-electron chi connectivity index (χ1n) is 9.15. The molecule has 0 saturated heterocycles. The van der Waals surface area contributed by atoms with Crippen molar-refractivity contribution in [3.05, 3.63) is 70.9 Å². The summed E-state index contributed by atoms with van der Waals surface area (Å²) in [6.07, 6.45) is 3.56. The fraction of sp³-hybridized carbons (Fsp3) is 0.143. The molecule has 3 aromatic rings. The van der Waals surface area contributed by atoms with E-state index in [1.165, 1.54) is 18.3 Å². The number of nitriles is 1. The van der Waals surface area contributed by atoms with Gasteiger partial charge in [0.1, 0.15) is 18.0 Å². The number of nitrogens with two attached hydrogens (primary N) is 1. The molecule has 150 valence electrons. The summed E-state index contributed by atoms with van der Waals surface area (Å²) >= 11 is 0. The minimum absolute atomic E-state index is 0.131. The van der Waals surface area contributed by atoms with Crippen molar-refractivity contribution in [1.82, 2.24) is 20.1 Å². The summed E-state index contributed by atoms with van der Waals surface area (Å²) < 4.78 is 21.8. The van der Waals surface area contributed by atoms with E-state index >= 15 is 0 Å². The first-order chi connectivity index (χ1) is 14.5. The Morgan fingerprint density at radius 2 is 2.27 bits per heavy atom. The number of hydrogen-bond acceptors (Lipinski definition) is 7. The van der Waals surface area contributed by atoms with Crippen LogP contribution < -0.4 is 15.8 Å². The molecular formula is C21H18FN7O. The number of anilines is 1. The molecule has 0 aliphatic carbocycles. The van der Waals surface area contributed by atoms with E-state index in [-0.39, 0.29) is 17.1 Å². The lowest BCUT2D eigenvalue weighted by molar-refractivity contribution is 0.226. The van der Waals surface area contributed by atoms with E-state index in [2.05, 4.69) is 15.4 Å². The number of benzene rings is 1. The molecular weight excluding hydrogens is 385 g/mol. The van der Waals surface area contributed by atoms with Crippen LogP contribution in [0.3, 0.4) is 0 Å². The Kier molecular flexibility index (Phi) is 4.90. The lowest BCUT2D eigenvalue weighted by Gasteiger charge is -2.22. The lowest BCUT2D eigenvalue weighted by atomic mass is 10.1. The third-order valence-corrected chi connectivity index (χ3v) is 4.83. The third kappa shape index (κ3) is 3.35. The van der Waals surface area contributed by atoms with Gasteiger partial charge in [0.15, 0.2) is 11.6 Å². The van der Waals surface area contributed by atoms with Gasteiger partial charge in [-0.15, -0.1) is 0 Å². The Hall–Kier alpha value is -4.19. The molecule has 1 aliphatic rings. The van der Waals surface area contributed by atoms with Crippen molar-refractivity contribution in [2.45, 2.75) is 19.6 Å². The Morgan fingerprint density at radius 1 is 1.43 bits per heavy atom. The first-order valence-corrected chi connectivity index (χ1v) is 9.15. The highest BCUT2D eigenvalue weighted by Crippen LogP contribution is 2.32. The number of allylic oxidation sites excluding steroid dienone is 1. The first kappa shape index (κ1) is 19.1. The molecule has 1 unspecified atom stereocenters. The summed E-state index contributed by atoms with van der Waals surface area (Å²) in [6, 6.07) is 9.90. The summed E-state index contributed by atoms with van der Waals surface area (Å²) in [5.41, 5.74) is 9.12. The lowest BCUT2D eigenvalue weighted by Crippen LogP contribution is -2.19. The van der Waals surface area contributed by atoms with E-state index in [9.17, 15) is 9.65 Å². The van der Waals surface area contributed by atoms with Crippen molar-refractivity contribution in [2.75, 3.05) is 5.73 Å². The molecule has 1 atom stereocenters. The molecule has 8 nitrogen and oxygen atoms in total. The van der Waals surface area contributed by atoms with Crippen molar-refractivity contribution < 1.29 is 9.13 Å². The van der Waals surface area contributed by atoms with Gasteiger partial charge in [0.2, 0.25) is 0 Å². The summed E-state index contributed by atoms with van der Waals surface area (Å²) in [4.78, 5) is 4.17. The highest BCUT2D eigenvalue weighted by Gasteiger charge is 2.21. The van der Waals surface area contributed by atoms with Crippen LogP contribution in [0.25, 0.3) is 11.4 Å². The zero-order chi connectivity index (χ0) is 21.3. The van der Waals surface area contributed by atoms with Gasteiger partial charge in [0.25, 0.3) is 0 Å². The van der Waals surface area contributed by atoms with Crippen LogP contribution in [0.5, 0.6) is 5.75 Å². The van der Waals surface area contributed by atoms with E-state index in [4.69, 9.17) is 15.9 Å². The summed E-state index contributed by atoms with van der Waals surface area (Å²) in [6.45, 7) is 2.09. The van der Waals surface area contributed by atoms with Crippen molar-refractivity contribution >= 4 is 17.7 Å². The van der Waals surface area contributed by atoms with Crippen LogP contribution in [0.1, 0.15) is 29.8 Å². The molecule has 30 heavy (non-hydrogen) atoms. The van der Waals surface area contributed by atoms with Crippen LogP contribution in [-0.2, 0) is 6.54 Å². The predicted molar refractivity (Wildman–Crippen MR) is 109 cm³/mol. The quantitative estimate of drug-likeness (QED) is 0.423. The van der Waals surface area contributed by atoms with E-state index in [1.54, 1.807) is 29.9 Å². The molecule has 0 spiro atoms. The summed E-state index contributed by atoms with van der Waals surface area (Å²) in [7, 11) is 0. The number of fused-ring (bicyclic) bond motifs is 5. The molecule has 2 aromatic heterocycles. The highest BCUT2D eigenvalue weighted by atomic mass is 19.1. The fourth-order valence-corrected chi connectivity index (χ4v) is 3.36. The largest absolute Gasteiger partial charge is 0.482 e. The molecule has 9 heteroatoms. The zero-order valence-electron chi connectivity index (χ0n) is 16.1. The standard InChI is InChI=1S/C21H18FN7O/c1-12-17-7-15(22)2-3-18(17)29-16(4-5-28-29)11-26-20(14(8-23)9-24)13-6-19(30-12)21(25)27-10-13/h2-8,10,12,23,26H,11H2,1H3,(H2,25,27)/b20-14+,23-8?. The second kappa shape index (κ2) is 7.67. The van der Waals surface area contributed by atoms with Gasteiger partial charge in [-0.25, -0.2) is 14.1 Å². The van der Waals surface area contributed by atoms with Crippen molar-refractivity contribution in [3.63, 3.8) is 0 Å². The average molecular weight is 403 g/mol. The van der Waals surface area contributed by atoms with E-state index in [0.717, 1.165) is 11.9 Å². The molecule has 3 heterocycles. The smallest absolute Gasteiger partial charge is 0.166 e. The van der Waals surface area contributed by atoms with Crippen LogP contribution in [0.4, 0.5) is 10.2 Å². The van der Waals surface area contributed by atoms with Gasteiger partial charge in [-0.3, -0.25) is 0 Å². The van der Waals surface area contributed by atoms with Gasteiger partial charge >= 0.3 is 0 Å². The minimum atomic E-state index is -0.565. The van der Waals surface area contributed by atoms with Crippen LogP contribution in [-0.4, -0.2) is 21.0 Å². The number of nitrogen functional groups attached to an aromatic ring is 1. The van der Waals surface area contributed by atoms with Crippen molar-refractivity contribution in [2.24, 2.45) is 0 Å². The fourth-order valence-electron chi connectivity index (χ4n) is 3.36. The van der Waals surface area contributed by atoms with Gasteiger partial charge in [-0.1, -0.05) is 0 Å². The number of nitrogens with zero attached hydrogens (tertiary/aromatic N) is 4. The number of pyridine rings is 1. The topological polar surface area (TPSA) is 126 Å². The van der Waals surface area contributed by atoms with Gasteiger partial charge < -0.3 is 21.2 Å². The Labute approximate surface area is 171 Å². The molecule has 1 aliphatic heterocycles. The number of hydrogen-bond donors (Lipinski definition) is 3. The maximum Gasteiger partial charge on any atom is 0.166 e. The number of aromatic nitrogens is 3. The maximum absolute atomic E-state index is 14.1. The third-order valence-electron chi connectivity index (χ3n) is 4.83. The Morgan fingerprint density at radius 3 is 3.03 bits per heavy atom. The van der Waals surface area contributed by atoms with Crippen LogP contribution in [0.15, 0.2) is 48.3 Å². The Balaban J connectivity index is 1.95. The molecule has 0 radical (unpaired) electrons. The monoisotopic (exact) mass is 403 g/mol. The van der Waals surface area contributed by atoms with Gasteiger partial charge in [-0.05, 0) is 37.3 Å². The van der Waals surface area contributed by atoms with Crippen molar-refractivity contribution in [3.8, 4) is 17.5 Å². The van der Waals surface area contributed by atoms with Gasteiger partial charge in [-0.2, -0.15) is 10.4 Å². The second-order valence-electron chi connectivity index (χ2n) is 6.70. The number of halogens is 1. The molecule has 4 N–H and O–H groups in total. The number of nitrogens with one attached hydrogen (secondary N) is 2. The molecule has 0 amide bonds. The molecule has 2 bridgehead atoms. The minimum Gasteiger partial charge on any atom is -0.482 e. The van der Waals surface area contributed by atoms with Gasteiger partial charge in [0, 0.05) is 29.7 Å². The molecule has 4 rings (SSSR count). The zero-order valence-corrected chi connectivity index (χ0v) is 16.1. The van der Waals surface area contributed by atoms with Crippen molar-refractivity contribution in [1.29, 1.82) is 10.7 Å². The highest BCUT2D eigenvalue weighted by molar-refractivity contribution is 5.93. The molecule has 0 saturated carbocycles. The molecule has 0 fully saturated rings. The van der Waals surface area contributed by atoms with E-state index < -0.39 is 11.9 Å². The Bertz CT molecular complexity index is 1210. The summed E-state index contributed by atoms with van der Waals surface area (Å²) in [5.74, 6) is 0.0592. The predicted octanol–water partition coefficient (Wildman–Crippen LogP) is 3.12. The maximum atomic E-state index is 14.1. The SMILES string of the molecule is CC1Oc2cc(cnc2N)/C(=C(\C#N)C=N)NCc2ccnn2-c2ccc(F)cc21. The normalized spacial score (nSPS) is 17.0. The second-order valence-corrected chi connectivity index (χ2v) is 6.70. The molecule has 1 aromatic carbocycles. The van der Waals surface area contributed by atoms with Crippen LogP contribution >= 0.6 is 0 Å². The average Bonchev–Trinajstić information content (AvgIpc) is 3.20. The van der Waals surface area contributed by atoms with E-state index in [1.807, 2.05) is 12.1 Å². The van der Waals surface area contributed by atoms with E-state index in [0.29, 0.717) is 29.1 Å². The number of ether oxygens (including phenoxy) is 1. The van der Waals surface area contributed by atoms with Gasteiger partial charge in [0.05, 0.1) is 29.2 Å². The summed E-state index contributed by atoms with van der Waals surface area (Å²) in [5, 5.41) is 24.7. The van der Waals surface area contributed by atoms with Crippen LogP contribution in [0.2, 0.25) is 0 Å².